The maximum Gasteiger partial charge on any atom is 0.162 e. The average Bonchev–Trinajstić information content (AvgIpc) is 2.41. The summed E-state index contributed by atoms with van der Waals surface area (Å²) in [5.74, 6) is 0.753. The van der Waals surface area contributed by atoms with E-state index in [0.29, 0.717) is 18.9 Å². The van der Waals surface area contributed by atoms with E-state index >= 15 is 0 Å². The molecule has 0 saturated heterocycles. The Bertz CT molecular complexity index is 612. The van der Waals surface area contributed by atoms with E-state index < -0.39 is 0 Å². The number of nitrogens with one attached hydrogen (secondary N) is 1. The summed E-state index contributed by atoms with van der Waals surface area (Å²) >= 11 is 0. The molecular weight excluding hydrogens is 262 g/mol. The lowest BCUT2D eigenvalue weighted by atomic mass is 10.0. The van der Waals surface area contributed by atoms with Crippen molar-refractivity contribution in [1.29, 1.82) is 0 Å². The molecule has 2 N–H and O–H groups in total. The standard InChI is InChI=1S/C18H23NO2/c1-5-21-16-8-6-7-15(18(16)20)11-19-17-13(3)9-12(2)10-14(17)4/h6-10,19-20H,5,11H2,1-4H3. The highest BCUT2D eigenvalue weighted by Gasteiger charge is 2.09. The largest absolute Gasteiger partial charge is 0.504 e. The van der Waals surface area contributed by atoms with Crippen LogP contribution in [-0.2, 0) is 6.54 Å². The van der Waals surface area contributed by atoms with Crippen molar-refractivity contribution in [2.24, 2.45) is 0 Å². The highest BCUT2D eigenvalue weighted by molar-refractivity contribution is 5.59. The topological polar surface area (TPSA) is 41.5 Å². The van der Waals surface area contributed by atoms with Gasteiger partial charge in [0.05, 0.1) is 6.61 Å². The number of anilines is 1. The fourth-order valence-corrected chi connectivity index (χ4v) is 2.62. The second-order valence-electron chi connectivity index (χ2n) is 5.32. The molecule has 0 aromatic heterocycles. The van der Waals surface area contributed by atoms with Gasteiger partial charge in [-0.2, -0.15) is 0 Å². The maximum absolute atomic E-state index is 10.2. The number of phenolic OH excluding ortho intramolecular Hbond substituents is 1. The number of para-hydroxylation sites is 1. The van der Waals surface area contributed by atoms with Gasteiger partial charge >= 0.3 is 0 Å². The van der Waals surface area contributed by atoms with Crippen molar-refractivity contribution in [1.82, 2.24) is 0 Å². The maximum atomic E-state index is 10.2. The zero-order chi connectivity index (χ0) is 15.4. The second kappa shape index (κ2) is 6.53. The molecule has 2 aromatic rings. The van der Waals surface area contributed by atoms with Crippen LogP contribution in [0.15, 0.2) is 30.3 Å². The van der Waals surface area contributed by atoms with E-state index in [4.69, 9.17) is 4.74 Å². The summed E-state index contributed by atoms with van der Waals surface area (Å²) < 4.78 is 5.41. The second-order valence-corrected chi connectivity index (χ2v) is 5.32. The molecule has 2 rings (SSSR count). The first-order valence-corrected chi connectivity index (χ1v) is 7.28. The van der Waals surface area contributed by atoms with Crippen molar-refractivity contribution in [2.45, 2.75) is 34.2 Å². The Morgan fingerprint density at radius 3 is 2.38 bits per heavy atom. The summed E-state index contributed by atoms with van der Waals surface area (Å²) in [4.78, 5) is 0. The van der Waals surface area contributed by atoms with E-state index in [0.717, 1.165) is 11.3 Å². The minimum atomic E-state index is 0.217. The molecule has 3 heteroatoms. The molecule has 0 heterocycles. The third-order valence-corrected chi connectivity index (χ3v) is 3.52. The van der Waals surface area contributed by atoms with E-state index in [1.807, 2.05) is 19.1 Å². The predicted molar refractivity (Wildman–Crippen MR) is 87.3 cm³/mol. The normalized spacial score (nSPS) is 10.5. The molecule has 0 aliphatic carbocycles. The van der Waals surface area contributed by atoms with Gasteiger partial charge in [-0.1, -0.05) is 29.8 Å². The Hall–Kier alpha value is -2.16. The van der Waals surface area contributed by atoms with Crippen LogP contribution in [0.1, 0.15) is 29.2 Å². The number of aryl methyl sites for hydroxylation is 3. The number of rotatable bonds is 5. The number of benzene rings is 2. The molecule has 112 valence electrons. The Morgan fingerprint density at radius 1 is 1.10 bits per heavy atom. The van der Waals surface area contributed by atoms with Crippen LogP contribution in [-0.4, -0.2) is 11.7 Å². The van der Waals surface area contributed by atoms with Crippen molar-refractivity contribution < 1.29 is 9.84 Å². The Labute approximate surface area is 126 Å². The SMILES string of the molecule is CCOc1cccc(CNc2c(C)cc(C)cc2C)c1O. The summed E-state index contributed by atoms with van der Waals surface area (Å²) in [5.41, 5.74) is 5.65. The van der Waals surface area contributed by atoms with Crippen molar-refractivity contribution in [3.05, 3.63) is 52.6 Å². The monoisotopic (exact) mass is 285 g/mol. The van der Waals surface area contributed by atoms with Crippen LogP contribution in [0.3, 0.4) is 0 Å². The molecule has 0 amide bonds. The molecule has 0 aliphatic heterocycles. The minimum Gasteiger partial charge on any atom is -0.504 e. The van der Waals surface area contributed by atoms with E-state index in [1.165, 1.54) is 16.7 Å². The first-order chi connectivity index (χ1) is 10.0. The van der Waals surface area contributed by atoms with Crippen molar-refractivity contribution >= 4 is 5.69 Å². The van der Waals surface area contributed by atoms with Gasteiger partial charge in [-0.25, -0.2) is 0 Å². The molecule has 0 saturated carbocycles. The lowest BCUT2D eigenvalue weighted by molar-refractivity contribution is 0.317. The zero-order valence-corrected chi connectivity index (χ0v) is 13.2. The molecule has 0 bridgehead atoms. The quantitative estimate of drug-likeness (QED) is 0.859. The summed E-state index contributed by atoms with van der Waals surface area (Å²) in [6.07, 6.45) is 0. The number of ether oxygens (including phenoxy) is 1. The van der Waals surface area contributed by atoms with Crippen LogP contribution in [0.2, 0.25) is 0 Å². The summed E-state index contributed by atoms with van der Waals surface area (Å²) in [5, 5.41) is 13.6. The summed E-state index contributed by atoms with van der Waals surface area (Å²) in [6, 6.07) is 9.91. The van der Waals surface area contributed by atoms with E-state index in [-0.39, 0.29) is 5.75 Å². The molecule has 0 spiro atoms. The van der Waals surface area contributed by atoms with E-state index in [9.17, 15) is 5.11 Å². The molecule has 0 radical (unpaired) electrons. The van der Waals surface area contributed by atoms with Gasteiger partial charge in [-0.3, -0.25) is 0 Å². The fraction of sp³-hybridized carbons (Fsp3) is 0.333. The third-order valence-electron chi connectivity index (χ3n) is 3.52. The molecule has 0 unspecified atom stereocenters. The Kier molecular flexibility index (Phi) is 4.73. The Balaban J connectivity index is 2.19. The van der Waals surface area contributed by atoms with Crippen LogP contribution < -0.4 is 10.1 Å². The van der Waals surface area contributed by atoms with Gasteiger partial charge in [0.25, 0.3) is 0 Å². The lowest BCUT2D eigenvalue weighted by Crippen LogP contribution is -2.04. The van der Waals surface area contributed by atoms with Gasteiger partial charge in [0, 0.05) is 17.8 Å². The zero-order valence-electron chi connectivity index (χ0n) is 13.2. The predicted octanol–water partition coefficient (Wildman–Crippen LogP) is 4.33. The molecule has 0 atom stereocenters. The molecule has 3 nitrogen and oxygen atoms in total. The summed E-state index contributed by atoms with van der Waals surface area (Å²) in [6.45, 7) is 9.31. The van der Waals surface area contributed by atoms with E-state index in [1.54, 1.807) is 6.07 Å². The van der Waals surface area contributed by atoms with Gasteiger partial charge in [-0.15, -0.1) is 0 Å². The van der Waals surface area contributed by atoms with Crippen LogP contribution >= 0.6 is 0 Å². The Morgan fingerprint density at radius 2 is 1.76 bits per heavy atom. The van der Waals surface area contributed by atoms with E-state index in [2.05, 4.69) is 38.2 Å². The average molecular weight is 285 g/mol. The van der Waals surface area contributed by atoms with Gasteiger partial charge in [0.2, 0.25) is 0 Å². The number of hydrogen-bond acceptors (Lipinski definition) is 3. The third kappa shape index (κ3) is 3.48. The number of phenols is 1. The number of hydrogen-bond donors (Lipinski definition) is 2. The first kappa shape index (κ1) is 15.2. The van der Waals surface area contributed by atoms with Gasteiger partial charge in [0.1, 0.15) is 0 Å². The first-order valence-electron chi connectivity index (χ1n) is 7.28. The smallest absolute Gasteiger partial charge is 0.162 e. The molecular formula is C18H23NO2. The number of aromatic hydroxyl groups is 1. The minimum absolute atomic E-state index is 0.217. The highest BCUT2D eigenvalue weighted by Crippen LogP contribution is 2.31. The van der Waals surface area contributed by atoms with Gasteiger partial charge in [-0.05, 0) is 44.9 Å². The highest BCUT2D eigenvalue weighted by atomic mass is 16.5. The molecule has 0 fully saturated rings. The van der Waals surface area contributed by atoms with Crippen molar-refractivity contribution in [3.63, 3.8) is 0 Å². The molecule has 21 heavy (non-hydrogen) atoms. The molecule has 0 aliphatic rings. The van der Waals surface area contributed by atoms with Crippen LogP contribution in [0.25, 0.3) is 0 Å². The fourth-order valence-electron chi connectivity index (χ4n) is 2.62. The summed E-state index contributed by atoms with van der Waals surface area (Å²) in [7, 11) is 0. The lowest BCUT2D eigenvalue weighted by Gasteiger charge is -2.15. The van der Waals surface area contributed by atoms with Crippen LogP contribution in [0.4, 0.5) is 5.69 Å². The van der Waals surface area contributed by atoms with Gasteiger partial charge < -0.3 is 15.2 Å². The van der Waals surface area contributed by atoms with Gasteiger partial charge in [0.15, 0.2) is 11.5 Å². The van der Waals surface area contributed by atoms with Crippen molar-refractivity contribution in [2.75, 3.05) is 11.9 Å². The van der Waals surface area contributed by atoms with Crippen LogP contribution in [0.5, 0.6) is 11.5 Å². The van der Waals surface area contributed by atoms with Crippen molar-refractivity contribution in [3.8, 4) is 11.5 Å². The van der Waals surface area contributed by atoms with Crippen LogP contribution in [0, 0.1) is 20.8 Å². The molecule has 2 aromatic carbocycles.